The summed E-state index contributed by atoms with van der Waals surface area (Å²) < 4.78 is 5.74. The molecule has 0 spiro atoms. The molecular weight excluding hydrogens is 234 g/mol. The molecule has 1 aromatic carbocycles. The third-order valence-electron chi connectivity index (χ3n) is 4.19. The molecule has 1 saturated heterocycles. The van der Waals surface area contributed by atoms with Crippen LogP contribution in [-0.2, 0) is 11.2 Å². The Bertz CT molecular complexity index is 344. The quantitative estimate of drug-likeness (QED) is 0.812. The van der Waals surface area contributed by atoms with Gasteiger partial charge in [-0.05, 0) is 51.1 Å². The maximum atomic E-state index is 5.74. The first-order valence-electron chi connectivity index (χ1n) is 7.67. The number of hydrogen-bond acceptors (Lipinski definition) is 2. The number of hydrogen-bond donors (Lipinski definition) is 1. The van der Waals surface area contributed by atoms with Crippen LogP contribution < -0.4 is 5.32 Å². The minimum absolute atomic E-state index is 0.378. The summed E-state index contributed by atoms with van der Waals surface area (Å²) >= 11 is 0. The van der Waals surface area contributed by atoms with Gasteiger partial charge in [0.25, 0.3) is 0 Å². The van der Waals surface area contributed by atoms with E-state index in [-0.39, 0.29) is 0 Å². The van der Waals surface area contributed by atoms with E-state index in [0.717, 1.165) is 19.8 Å². The van der Waals surface area contributed by atoms with E-state index < -0.39 is 0 Å². The monoisotopic (exact) mass is 261 g/mol. The van der Waals surface area contributed by atoms with Gasteiger partial charge in [0.15, 0.2) is 0 Å². The molecule has 106 valence electrons. The molecule has 19 heavy (non-hydrogen) atoms. The van der Waals surface area contributed by atoms with E-state index in [4.69, 9.17) is 4.74 Å². The molecule has 1 aliphatic rings. The molecule has 0 saturated carbocycles. The summed E-state index contributed by atoms with van der Waals surface area (Å²) in [5, 5.41) is 3.55. The van der Waals surface area contributed by atoms with Gasteiger partial charge < -0.3 is 10.1 Å². The van der Waals surface area contributed by atoms with E-state index in [2.05, 4.69) is 42.6 Å². The first-order valence-corrected chi connectivity index (χ1v) is 7.67. The van der Waals surface area contributed by atoms with Gasteiger partial charge in [-0.2, -0.15) is 0 Å². The summed E-state index contributed by atoms with van der Waals surface area (Å²) in [6, 6.07) is 10.8. The standard InChI is InChI=1S/C17H27NO/c1-2-19-15-17(12-7-13-18-14-17)11-6-10-16-8-4-3-5-9-16/h3-5,8-9,18H,2,6-7,10-15H2,1H3. The second-order valence-corrected chi connectivity index (χ2v) is 5.76. The lowest BCUT2D eigenvalue weighted by Crippen LogP contribution is -2.43. The summed E-state index contributed by atoms with van der Waals surface area (Å²) in [6.07, 6.45) is 6.33. The number of benzene rings is 1. The fraction of sp³-hybridized carbons (Fsp3) is 0.647. The van der Waals surface area contributed by atoms with Gasteiger partial charge >= 0.3 is 0 Å². The normalized spacial score (nSPS) is 23.4. The molecule has 2 heteroatoms. The van der Waals surface area contributed by atoms with E-state index in [1.807, 2.05) is 0 Å². The lowest BCUT2D eigenvalue weighted by atomic mass is 9.77. The summed E-state index contributed by atoms with van der Waals surface area (Å²) in [5.41, 5.74) is 1.83. The van der Waals surface area contributed by atoms with Gasteiger partial charge in [0.1, 0.15) is 0 Å². The van der Waals surface area contributed by atoms with E-state index in [0.29, 0.717) is 5.41 Å². The van der Waals surface area contributed by atoms with Crippen LogP contribution in [0.4, 0.5) is 0 Å². The van der Waals surface area contributed by atoms with Crippen molar-refractivity contribution in [1.82, 2.24) is 5.32 Å². The van der Waals surface area contributed by atoms with Crippen molar-refractivity contribution in [1.29, 1.82) is 0 Å². The Morgan fingerprint density at radius 3 is 2.79 bits per heavy atom. The van der Waals surface area contributed by atoms with Crippen molar-refractivity contribution in [2.75, 3.05) is 26.3 Å². The maximum absolute atomic E-state index is 5.74. The molecule has 2 nitrogen and oxygen atoms in total. The van der Waals surface area contributed by atoms with Crippen LogP contribution in [0, 0.1) is 5.41 Å². The highest BCUT2D eigenvalue weighted by Crippen LogP contribution is 2.32. The molecular formula is C17H27NO. The third-order valence-corrected chi connectivity index (χ3v) is 4.19. The summed E-state index contributed by atoms with van der Waals surface area (Å²) in [7, 11) is 0. The van der Waals surface area contributed by atoms with Crippen LogP contribution in [0.15, 0.2) is 30.3 Å². The summed E-state index contributed by atoms with van der Waals surface area (Å²) in [5.74, 6) is 0. The van der Waals surface area contributed by atoms with Crippen LogP contribution in [0.3, 0.4) is 0 Å². The van der Waals surface area contributed by atoms with Crippen molar-refractivity contribution in [3.63, 3.8) is 0 Å². The van der Waals surface area contributed by atoms with E-state index >= 15 is 0 Å². The fourth-order valence-electron chi connectivity index (χ4n) is 3.07. The Morgan fingerprint density at radius 1 is 1.26 bits per heavy atom. The van der Waals surface area contributed by atoms with Crippen molar-refractivity contribution >= 4 is 0 Å². The van der Waals surface area contributed by atoms with Crippen molar-refractivity contribution in [2.24, 2.45) is 5.41 Å². The minimum atomic E-state index is 0.378. The molecule has 0 aromatic heterocycles. The first kappa shape index (κ1) is 14.5. The number of piperidine rings is 1. The highest BCUT2D eigenvalue weighted by Gasteiger charge is 2.31. The molecule has 2 rings (SSSR count). The van der Waals surface area contributed by atoms with Crippen LogP contribution in [-0.4, -0.2) is 26.3 Å². The largest absolute Gasteiger partial charge is 0.381 e. The first-order chi connectivity index (χ1) is 9.35. The second-order valence-electron chi connectivity index (χ2n) is 5.76. The van der Waals surface area contributed by atoms with E-state index in [1.54, 1.807) is 0 Å². The summed E-state index contributed by atoms with van der Waals surface area (Å²) in [6.45, 7) is 6.15. The Kier molecular flexibility index (Phi) is 5.87. The molecule has 1 aliphatic heterocycles. The summed E-state index contributed by atoms with van der Waals surface area (Å²) in [4.78, 5) is 0. The van der Waals surface area contributed by atoms with Crippen LogP contribution in [0.2, 0.25) is 0 Å². The maximum Gasteiger partial charge on any atom is 0.0534 e. The Hall–Kier alpha value is -0.860. The van der Waals surface area contributed by atoms with Crippen molar-refractivity contribution in [2.45, 2.75) is 39.0 Å². The predicted molar refractivity (Wildman–Crippen MR) is 80.4 cm³/mol. The molecule has 1 atom stereocenters. The van der Waals surface area contributed by atoms with Gasteiger partial charge in [0, 0.05) is 18.6 Å². The smallest absolute Gasteiger partial charge is 0.0534 e. The molecule has 0 amide bonds. The van der Waals surface area contributed by atoms with Gasteiger partial charge in [-0.25, -0.2) is 0 Å². The Morgan fingerprint density at radius 2 is 2.11 bits per heavy atom. The van der Waals surface area contributed by atoms with Crippen LogP contribution in [0.25, 0.3) is 0 Å². The zero-order valence-electron chi connectivity index (χ0n) is 12.2. The third kappa shape index (κ3) is 4.63. The molecule has 1 fully saturated rings. The number of nitrogens with one attached hydrogen (secondary N) is 1. The van der Waals surface area contributed by atoms with Gasteiger partial charge in [0.05, 0.1) is 6.61 Å². The average molecular weight is 261 g/mol. The molecule has 1 N–H and O–H groups in total. The number of rotatable bonds is 7. The van der Waals surface area contributed by atoms with Crippen molar-refractivity contribution in [3.05, 3.63) is 35.9 Å². The Balaban J connectivity index is 1.82. The SMILES string of the molecule is CCOCC1(CCCc2ccccc2)CCCNC1. The minimum Gasteiger partial charge on any atom is -0.381 e. The highest BCUT2D eigenvalue weighted by atomic mass is 16.5. The molecule has 1 unspecified atom stereocenters. The second kappa shape index (κ2) is 7.66. The van der Waals surface area contributed by atoms with Crippen LogP contribution in [0.1, 0.15) is 38.2 Å². The van der Waals surface area contributed by atoms with Gasteiger partial charge in [-0.3, -0.25) is 0 Å². The van der Waals surface area contributed by atoms with Crippen molar-refractivity contribution in [3.8, 4) is 0 Å². The van der Waals surface area contributed by atoms with Gasteiger partial charge in [-0.1, -0.05) is 30.3 Å². The van der Waals surface area contributed by atoms with Crippen LogP contribution >= 0.6 is 0 Å². The molecule has 0 radical (unpaired) electrons. The fourth-order valence-corrected chi connectivity index (χ4v) is 3.07. The lowest BCUT2D eigenvalue weighted by Gasteiger charge is -2.37. The molecule has 1 heterocycles. The number of aryl methyl sites for hydroxylation is 1. The highest BCUT2D eigenvalue weighted by molar-refractivity contribution is 5.14. The zero-order valence-corrected chi connectivity index (χ0v) is 12.2. The molecule has 1 aromatic rings. The molecule has 0 aliphatic carbocycles. The predicted octanol–water partition coefficient (Wildman–Crippen LogP) is 3.42. The number of ether oxygens (including phenoxy) is 1. The zero-order chi connectivity index (χ0) is 13.4. The molecule has 0 bridgehead atoms. The van der Waals surface area contributed by atoms with Crippen molar-refractivity contribution < 1.29 is 4.74 Å². The van der Waals surface area contributed by atoms with Gasteiger partial charge in [0.2, 0.25) is 0 Å². The van der Waals surface area contributed by atoms with Crippen LogP contribution in [0.5, 0.6) is 0 Å². The van der Waals surface area contributed by atoms with E-state index in [1.165, 1.54) is 44.2 Å². The topological polar surface area (TPSA) is 21.3 Å². The van der Waals surface area contributed by atoms with E-state index in [9.17, 15) is 0 Å². The van der Waals surface area contributed by atoms with Gasteiger partial charge in [-0.15, -0.1) is 0 Å². The average Bonchev–Trinajstić information content (AvgIpc) is 2.47. The Labute approximate surface area is 117 Å². The lowest BCUT2D eigenvalue weighted by molar-refractivity contribution is 0.0273.